The summed E-state index contributed by atoms with van der Waals surface area (Å²) in [6, 6.07) is 5.39. The Bertz CT molecular complexity index is 604. The highest BCUT2D eigenvalue weighted by Crippen LogP contribution is 2.36. The molecule has 0 bridgehead atoms. The third-order valence-electron chi connectivity index (χ3n) is 3.60. The number of rotatable bonds is 3. The van der Waals surface area contributed by atoms with Crippen LogP contribution in [0.4, 0.5) is 5.69 Å². The first-order valence-corrected chi connectivity index (χ1v) is 6.17. The van der Waals surface area contributed by atoms with Gasteiger partial charge in [0.2, 0.25) is 0 Å². The number of nitrogen functional groups attached to an aromatic ring is 1. The molecule has 1 saturated carbocycles. The average Bonchev–Trinajstić information content (AvgIpc) is 2.88. The molecule has 0 radical (unpaired) electrons. The number of anilines is 1. The monoisotopic (exact) mass is 244 g/mol. The van der Waals surface area contributed by atoms with Gasteiger partial charge in [0.15, 0.2) is 5.69 Å². The highest BCUT2D eigenvalue weighted by Gasteiger charge is 2.32. The number of nitrogens with one attached hydrogen (secondary N) is 2. The molecular formula is C13H16N4O. The van der Waals surface area contributed by atoms with Crippen molar-refractivity contribution in [3.05, 3.63) is 23.9 Å². The van der Waals surface area contributed by atoms with Crippen LogP contribution in [0.1, 0.15) is 23.8 Å². The SMILES string of the molecule is CC1CC1CNC(=O)c1n[nH]c2ccc(N)cc12. The predicted molar refractivity (Wildman–Crippen MR) is 70.1 cm³/mol. The number of carbonyl (C=O) groups excluding carboxylic acids is 1. The Balaban J connectivity index is 1.80. The first-order chi connectivity index (χ1) is 8.65. The third kappa shape index (κ3) is 1.92. The van der Waals surface area contributed by atoms with Gasteiger partial charge in [0.05, 0.1) is 5.52 Å². The van der Waals surface area contributed by atoms with Crippen LogP contribution < -0.4 is 11.1 Å². The maximum atomic E-state index is 12.0. The molecule has 0 aliphatic heterocycles. The summed E-state index contributed by atoms with van der Waals surface area (Å²) in [5, 5.41) is 10.6. The van der Waals surface area contributed by atoms with E-state index in [1.165, 1.54) is 6.42 Å². The van der Waals surface area contributed by atoms with Crippen molar-refractivity contribution in [2.45, 2.75) is 13.3 Å². The van der Waals surface area contributed by atoms with Crippen LogP contribution >= 0.6 is 0 Å². The molecule has 1 fully saturated rings. The Hall–Kier alpha value is -2.04. The van der Waals surface area contributed by atoms with Crippen LogP contribution in [0.5, 0.6) is 0 Å². The zero-order valence-corrected chi connectivity index (χ0v) is 10.2. The molecule has 2 aromatic rings. The summed E-state index contributed by atoms with van der Waals surface area (Å²) in [6.45, 7) is 2.93. The fraction of sp³-hybridized carbons (Fsp3) is 0.385. The first-order valence-electron chi connectivity index (χ1n) is 6.17. The molecule has 1 aromatic carbocycles. The molecule has 2 unspecified atom stereocenters. The standard InChI is InChI=1S/C13H16N4O/c1-7-4-8(7)6-15-13(18)12-10-5-9(14)2-3-11(10)16-17-12/h2-3,5,7-8H,4,6,14H2,1H3,(H,15,18)(H,16,17). The molecule has 1 heterocycles. The number of H-pyrrole nitrogens is 1. The van der Waals surface area contributed by atoms with E-state index in [1.807, 2.05) is 6.07 Å². The molecule has 1 aliphatic rings. The van der Waals surface area contributed by atoms with Crippen molar-refractivity contribution in [2.75, 3.05) is 12.3 Å². The number of hydrogen-bond donors (Lipinski definition) is 3. The predicted octanol–water partition coefficient (Wildman–Crippen LogP) is 1.53. The lowest BCUT2D eigenvalue weighted by atomic mass is 10.2. The number of aromatic nitrogens is 2. The van der Waals surface area contributed by atoms with Gasteiger partial charge in [-0.15, -0.1) is 0 Å². The van der Waals surface area contributed by atoms with Crippen LogP contribution in [0, 0.1) is 11.8 Å². The van der Waals surface area contributed by atoms with E-state index < -0.39 is 0 Å². The highest BCUT2D eigenvalue weighted by atomic mass is 16.1. The van der Waals surface area contributed by atoms with Crippen molar-refractivity contribution in [2.24, 2.45) is 11.8 Å². The summed E-state index contributed by atoms with van der Waals surface area (Å²) in [5.74, 6) is 1.23. The van der Waals surface area contributed by atoms with Gasteiger partial charge in [-0.1, -0.05) is 6.92 Å². The number of hydrogen-bond acceptors (Lipinski definition) is 3. The van der Waals surface area contributed by atoms with Gasteiger partial charge >= 0.3 is 0 Å². The fourth-order valence-corrected chi connectivity index (χ4v) is 2.20. The van der Waals surface area contributed by atoms with E-state index in [2.05, 4.69) is 22.4 Å². The first kappa shape index (κ1) is 11.1. The van der Waals surface area contributed by atoms with Crippen LogP contribution in [-0.2, 0) is 0 Å². The summed E-state index contributed by atoms with van der Waals surface area (Å²) >= 11 is 0. The van der Waals surface area contributed by atoms with Crippen molar-refractivity contribution in [1.29, 1.82) is 0 Å². The number of carbonyl (C=O) groups is 1. The van der Waals surface area contributed by atoms with E-state index >= 15 is 0 Å². The zero-order chi connectivity index (χ0) is 12.7. The molecular weight excluding hydrogens is 228 g/mol. The Morgan fingerprint density at radius 2 is 2.39 bits per heavy atom. The van der Waals surface area contributed by atoms with Crippen molar-refractivity contribution in [1.82, 2.24) is 15.5 Å². The lowest BCUT2D eigenvalue weighted by Gasteiger charge is -2.02. The number of aromatic amines is 1. The number of fused-ring (bicyclic) bond motifs is 1. The summed E-state index contributed by atoms with van der Waals surface area (Å²) in [4.78, 5) is 12.0. The zero-order valence-electron chi connectivity index (χ0n) is 10.2. The van der Waals surface area contributed by atoms with Gasteiger partial charge in [-0.25, -0.2) is 0 Å². The number of benzene rings is 1. The van der Waals surface area contributed by atoms with Crippen molar-refractivity contribution in [3.8, 4) is 0 Å². The Morgan fingerprint density at radius 1 is 1.61 bits per heavy atom. The molecule has 2 atom stereocenters. The van der Waals surface area contributed by atoms with Crippen LogP contribution in [0.25, 0.3) is 10.9 Å². The fourth-order valence-electron chi connectivity index (χ4n) is 2.20. The minimum Gasteiger partial charge on any atom is -0.399 e. The Kier molecular flexibility index (Phi) is 2.47. The largest absolute Gasteiger partial charge is 0.399 e. The average molecular weight is 244 g/mol. The van der Waals surface area contributed by atoms with Gasteiger partial charge in [-0.05, 0) is 36.5 Å². The van der Waals surface area contributed by atoms with Gasteiger partial charge in [-0.3, -0.25) is 9.89 Å². The van der Waals surface area contributed by atoms with E-state index in [-0.39, 0.29) is 5.91 Å². The normalized spacial score (nSPS) is 22.1. The third-order valence-corrected chi connectivity index (χ3v) is 3.60. The number of amides is 1. The maximum Gasteiger partial charge on any atom is 0.272 e. The van der Waals surface area contributed by atoms with Crippen LogP contribution in [0.15, 0.2) is 18.2 Å². The molecule has 5 heteroatoms. The van der Waals surface area contributed by atoms with E-state index in [0.29, 0.717) is 17.3 Å². The second-order valence-corrected chi connectivity index (χ2v) is 5.06. The number of nitrogens with two attached hydrogens (primary N) is 1. The van der Waals surface area contributed by atoms with Gasteiger partial charge in [0.25, 0.3) is 5.91 Å². The molecule has 5 nitrogen and oxygen atoms in total. The topological polar surface area (TPSA) is 83.8 Å². The Morgan fingerprint density at radius 3 is 3.11 bits per heavy atom. The van der Waals surface area contributed by atoms with E-state index in [9.17, 15) is 4.79 Å². The minimum atomic E-state index is -0.133. The van der Waals surface area contributed by atoms with E-state index in [0.717, 1.165) is 23.4 Å². The second kappa shape index (κ2) is 4.01. The van der Waals surface area contributed by atoms with Crippen LogP contribution in [0.2, 0.25) is 0 Å². The smallest absolute Gasteiger partial charge is 0.272 e. The van der Waals surface area contributed by atoms with Gasteiger partial charge in [-0.2, -0.15) is 5.10 Å². The van der Waals surface area contributed by atoms with Gasteiger partial charge < -0.3 is 11.1 Å². The Labute approximate surface area is 105 Å². The van der Waals surface area contributed by atoms with Crippen molar-refractivity contribution >= 4 is 22.5 Å². The summed E-state index contributed by atoms with van der Waals surface area (Å²) in [7, 11) is 0. The van der Waals surface area contributed by atoms with E-state index in [4.69, 9.17) is 5.73 Å². The van der Waals surface area contributed by atoms with Crippen molar-refractivity contribution < 1.29 is 4.79 Å². The molecule has 0 spiro atoms. The van der Waals surface area contributed by atoms with Gasteiger partial charge in [0, 0.05) is 17.6 Å². The molecule has 1 aliphatic carbocycles. The molecule has 94 valence electrons. The molecule has 4 N–H and O–H groups in total. The highest BCUT2D eigenvalue weighted by molar-refractivity contribution is 6.05. The quantitative estimate of drug-likeness (QED) is 0.716. The number of nitrogens with zero attached hydrogens (tertiary/aromatic N) is 1. The molecule has 3 rings (SSSR count). The molecule has 1 amide bonds. The molecule has 18 heavy (non-hydrogen) atoms. The van der Waals surface area contributed by atoms with Gasteiger partial charge in [0.1, 0.15) is 0 Å². The van der Waals surface area contributed by atoms with E-state index in [1.54, 1.807) is 12.1 Å². The second-order valence-electron chi connectivity index (χ2n) is 5.06. The lowest BCUT2D eigenvalue weighted by Crippen LogP contribution is -2.26. The van der Waals surface area contributed by atoms with Crippen molar-refractivity contribution in [3.63, 3.8) is 0 Å². The lowest BCUT2D eigenvalue weighted by molar-refractivity contribution is 0.0948. The minimum absolute atomic E-state index is 0.133. The van der Waals surface area contributed by atoms with Crippen LogP contribution in [-0.4, -0.2) is 22.6 Å². The summed E-state index contributed by atoms with van der Waals surface area (Å²) in [6.07, 6.45) is 1.20. The van der Waals surface area contributed by atoms with Crippen LogP contribution in [0.3, 0.4) is 0 Å². The summed E-state index contributed by atoms with van der Waals surface area (Å²) < 4.78 is 0. The molecule has 0 saturated heterocycles. The maximum absolute atomic E-state index is 12.0. The summed E-state index contributed by atoms with van der Waals surface area (Å²) in [5.41, 5.74) is 7.61. The molecule has 1 aromatic heterocycles.